The van der Waals surface area contributed by atoms with Crippen LogP contribution in [0.1, 0.15) is 12.5 Å². The number of ether oxygens (including phenoxy) is 1. The number of hydrogen-bond acceptors (Lipinski definition) is 5. The van der Waals surface area contributed by atoms with Gasteiger partial charge in [-0.2, -0.15) is 8.78 Å². The van der Waals surface area contributed by atoms with Crippen LogP contribution in [0, 0.1) is 6.92 Å². The molecule has 0 radical (unpaired) electrons. The van der Waals surface area contributed by atoms with Crippen molar-refractivity contribution in [1.29, 1.82) is 0 Å². The number of rotatable bonds is 7. The molecule has 1 amide bonds. The predicted octanol–water partition coefficient (Wildman–Crippen LogP) is 5.41. The number of carbonyl (C=O) groups excluding carboxylic acids is 1. The Morgan fingerprint density at radius 2 is 1.71 bits per heavy atom. The van der Waals surface area contributed by atoms with E-state index in [-0.39, 0.29) is 17.2 Å². The maximum atomic E-state index is 13.4. The molecule has 0 bridgehead atoms. The van der Waals surface area contributed by atoms with Crippen molar-refractivity contribution >= 4 is 34.3 Å². The number of thioether (sulfide) groups is 1. The van der Waals surface area contributed by atoms with Crippen LogP contribution in [0.2, 0.25) is 0 Å². The Balaban J connectivity index is 1.70. The Hall–Kier alpha value is -3.72. The number of halogens is 2. The monoisotopic (exact) mass is 481 g/mol. The zero-order chi connectivity index (χ0) is 24.2. The molecule has 1 atom stereocenters. The van der Waals surface area contributed by atoms with Gasteiger partial charge < -0.3 is 10.1 Å². The highest BCUT2D eigenvalue weighted by Crippen LogP contribution is 2.27. The van der Waals surface area contributed by atoms with E-state index in [0.717, 1.165) is 17.3 Å². The first-order chi connectivity index (χ1) is 16.3. The predicted molar refractivity (Wildman–Crippen MR) is 129 cm³/mol. The number of amides is 1. The molecule has 0 fully saturated rings. The molecule has 1 unspecified atom stereocenters. The third-order valence-electron chi connectivity index (χ3n) is 5.12. The van der Waals surface area contributed by atoms with Crippen molar-refractivity contribution in [2.24, 2.45) is 0 Å². The van der Waals surface area contributed by atoms with E-state index in [1.54, 1.807) is 31.2 Å². The molecule has 3 aromatic carbocycles. The number of aromatic nitrogens is 2. The Bertz CT molecular complexity index is 1390. The third-order valence-corrected chi connectivity index (χ3v) is 6.17. The number of aryl methyl sites for hydroxylation is 1. The number of hydrogen-bond donors (Lipinski definition) is 1. The van der Waals surface area contributed by atoms with Crippen molar-refractivity contribution in [1.82, 2.24) is 9.55 Å². The normalized spacial score (nSPS) is 12.0. The molecule has 0 aliphatic rings. The molecule has 4 aromatic rings. The van der Waals surface area contributed by atoms with Crippen LogP contribution >= 0.6 is 11.8 Å². The van der Waals surface area contributed by atoms with Crippen LogP contribution in [0.15, 0.2) is 82.7 Å². The van der Waals surface area contributed by atoms with Crippen molar-refractivity contribution < 1.29 is 18.3 Å². The number of carbonyl (C=O) groups is 1. The molecule has 0 spiro atoms. The number of anilines is 1. The second-order valence-corrected chi connectivity index (χ2v) is 8.80. The Labute approximate surface area is 198 Å². The van der Waals surface area contributed by atoms with Crippen LogP contribution in [0.4, 0.5) is 14.5 Å². The first kappa shape index (κ1) is 23.4. The molecular weight excluding hydrogens is 460 g/mol. The third kappa shape index (κ3) is 5.09. The molecule has 0 saturated carbocycles. The molecule has 0 aliphatic heterocycles. The van der Waals surface area contributed by atoms with Crippen LogP contribution in [-0.4, -0.2) is 27.3 Å². The summed E-state index contributed by atoms with van der Waals surface area (Å²) in [5.41, 5.74) is 2.22. The van der Waals surface area contributed by atoms with Crippen LogP contribution in [0.3, 0.4) is 0 Å². The van der Waals surface area contributed by atoms with Gasteiger partial charge in [0.05, 0.1) is 21.8 Å². The molecule has 174 valence electrons. The number of fused-ring (bicyclic) bond motifs is 1. The van der Waals surface area contributed by atoms with Gasteiger partial charge in [0, 0.05) is 5.69 Å². The van der Waals surface area contributed by atoms with Crippen LogP contribution in [0.25, 0.3) is 16.6 Å². The van der Waals surface area contributed by atoms with Gasteiger partial charge in [0.15, 0.2) is 5.16 Å². The van der Waals surface area contributed by atoms with E-state index in [2.05, 4.69) is 15.0 Å². The van der Waals surface area contributed by atoms with Crippen LogP contribution < -0.4 is 15.6 Å². The van der Waals surface area contributed by atoms with E-state index in [0.29, 0.717) is 27.4 Å². The Kier molecular flexibility index (Phi) is 6.93. The lowest BCUT2D eigenvalue weighted by Crippen LogP contribution is -2.26. The summed E-state index contributed by atoms with van der Waals surface area (Å²) in [6.07, 6.45) is 0. The second-order valence-electron chi connectivity index (χ2n) is 7.49. The fraction of sp³-hybridized carbons (Fsp3) is 0.160. The minimum Gasteiger partial charge on any atom is -0.435 e. The molecule has 1 aromatic heterocycles. The van der Waals surface area contributed by atoms with E-state index >= 15 is 0 Å². The first-order valence-electron chi connectivity index (χ1n) is 10.4. The van der Waals surface area contributed by atoms with E-state index in [9.17, 15) is 18.4 Å². The zero-order valence-electron chi connectivity index (χ0n) is 18.4. The summed E-state index contributed by atoms with van der Waals surface area (Å²) in [5.74, 6) is -0.269. The standard InChI is InChI=1S/C25H21F2N3O3S/c1-15-7-3-5-9-20(15)28-22(31)16(2)34-25-29-21-10-6-4-8-19(21)23(32)30(25)17-11-13-18(14-12-17)33-24(26)27/h3-14,16,24H,1-2H3,(H,28,31). The lowest BCUT2D eigenvalue weighted by molar-refractivity contribution is -0.115. The molecule has 0 aliphatic carbocycles. The van der Waals surface area contributed by atoms with E-state index in [1.165, 1.54) is 28.8 Å². The highest BCUT2D eigenvalue weighted by Gasteiger charge is 2.21. The van der Waals surface area contributed by atoms with E-state index < -0.39 is 11.9 Å². The summed E-state index contributed by atoms with van der Waals surface area (Å²) >= 11 is 1.13. The highest BCUT2D eigenvalue weighted by atomic mass is 32.2. The van der Waals surface area contributed by atoms with Gasteiger partial charge in [-0.3, -0.25) is 14.2 Å². The largest absolute Gasteiger partial charge is 0.435 e. The summed E-state index contributed by atoms with van der Waals surface area (Å²) in [6, 6.07) is 20.0. The number of nitrogens with one attached hydrogen (secondary N) is 1. The quantitative estimate of drug-likeness (QED) is 0.282. The topological polar surface area (TPSA) is 73.2 Å². The van der Waals surface area contributed by atoms with Crippen molar-refractivity contribution in [3.63, 3.8) is 0 Å². The maximum absolute atomic E-state index is 13.4. The number of nitrogens with zero attached hydrogens (tertiary/aromatic N) is 2. The van der Waals surface area contributed by atoms with Crippen molar-refractivity contribution in [3.8, 4) is 11.4 Å². The number of alkyl halides is 2. The van der Waals surface area contributed by atoms with Crippen LogP contribution in [-0.2, 0) is 4.79 Å². The zero-order valence-corrected chi connectivity index (χ0v) is 19.2. The summed E-state index contributed by atoms with van der Waals surface area (Å²) in [5, 5.41) is 3.03. The lowest BCUT2D eigenvalue weighted by atomic mass is 10.2. The number of benzene rings is 3. The Morgan fingerprint density at radius 1 is 1.03 bits per heavy atom. The summed E-state index contributed by atoms with van der Waals surface area (Å²) in [7, 11) is 0. The van der Waals surface area contributed by atoms with Crippen molar-refractivity contribution in [2.45, 2.75) is 30.9 Å². The van der Waals surface area contributed by atoms with E-state index in [4.69, 9.17) is 0 Å². The average molecular weight is 482 g/mol. The smallest absolute Gasteiger partial charge is 0.387 e. The van der Waals surface area contributed by atoms with Crippen molar-refractivity contribution in [3.05, 3.63) is 88.7 Å². The molecule has 0 saturated heterocycles. The summed E-state index contributed by atoms with van der Waals surface area (Å²) in [4.78, 5) is 30.9. The summed E-state index contributed by atoms with van der Waals surface area (Å²) < 4.78 is 30.8. The molecule has 4 rings (SSSR count). The Morgan fingerprint density at radius 3 is 2.41 bits per heavy atom. The minimum atomic E-state index is -2.95. The SMILES string of the molecule is Cc1ccccc1NC(=O)C(C)Sc1nc2ccccc2c(=O)n1-c1ccc(OC(F)F)cc1. The van der Waals surface area contributed by atoms with Crippen LogP contribution in [0.5, 0.6) is 5.75 Å². The number of para-hydroxylation sites is 2. The van der Waals surface area contributed by atoms with Gasteiger partial charge in [-0.15, -0.1) is 0 Å². The molecular formula is C25H21F2N3O3S. The minimum absolute atomic E-state index is 0.0271. The van der Waals surface area contributed by atoms with Gasteiger partial charge in [0.1, 0.15) is 5.75 Å². The lowest BCUT2D eigenvalue weighted by Gasteiger charge is -2.17. The molecule has 1 N–H and O–H groups in total. The molecule has 34 heavy (non-hydrogen) atoms. The van der Waals surface area contributed by atoms with Gasteiger partial charge >= 0.3 is 6.61 Å². The first-order valence-corrected chi connectivity index (χ1v) is 11.3. The average Bonchev–Trinajstić information content (AvgIpc) is 2.81. The van der Waals surface area contributed by atoms with Gasteiger partial charge in [0.2, 0.25) is 5.91 Å². The van der Waals surface area contributed by atoms with Gasteiger partial charge in [-0.1, -0.05) is 42.1 Å². The molecule has 1 heterocycles. The maximum Gasteiger partial charge on any atom is 0.387 e. The van der Waals surface area contributed by atoms with Crippen molar-refractivity contribution in [2.75, 3.05) is 5.32 Å². The fourth-order valence-electron chi connectivity index (χ4n) is 3.35. The second kappa shape index (κ2) is 10.0. The highest BCUT2D eigenvalue weighted by molar-refractivity contribution is 8.00. The van der Waals surface area contributed by atoms with Gasteiger partial charge in [-0.05, 0) is 61.9 Å². The summed E-state index contributed by atoms with van der Waals surface area (Å²) in [6.45, 7) is 0.677. The fourth-order valence-corrected chi connectivity index (χ4v) is 4.28. The molecule has 9 heteroatoms. The van der Waals surface area contributed by atoms with Gasteiger partial charge in [0.25, 0.3) is 5.56 Å². The van der Waals surface area contributed by atoms with Gasteiger partial charge in [-0.25, -0.2) is 4.98 Å². The molecule has 6 nitrogen and oxygen atoms in total. The van der Waals surface area contributed by atoms with E-state index in [1.807, 2.05) is 31.2 Å².